The molecule has 52 heavy (non-hydrogen) atoms. The van der Waals surface area contributed by atoms with Crippen LogP contribution >= 0.6 is 0 Å². The second-order valence-corrected chi connectivity index (χ2v) is 12.4. The van der Waals surface area contributed by atoms with Gasteiger partial charge in [-0.1, -0.05) is 38.1 Å². The zero-order chi connectivity index (χ0) is 37.8. The Morgan fingerprint density at radius 1 is 0.981 bits per heavy atom. The van der Waals surface area contributed by atoms with Crippen molar-refractivity contribution in [2.45, 2.75) is 70.0 Å². The van der Waals surface area contributed by atoms with E-state index in [-0.39, 0.29) is 13.1 Å². The van der Waals surface area contributed by atoms with Crippen LogP contribution in [0.15, 0.2) is 83.2 Å². The average molecular weight is 736 g/mol. The SMILES string of the molecule is CC/C=C\C(=N/N1CCN(c2ccc(-n3cnn([C@@H](CC)[C@H](C)O)c3=O)cc2)CC1)C(F)(F)C(O)(Cn1cnc(C(F)(F)F)n1)c1ccccc1F. The summed E-state index contributed by atoms with van der Waals surface area (Å²) >= 11 is 0. The summed E-state index contributed by atoms with van der Waals surface area (Å²) in [6.45, 7) is 4.89. The molecule has 0 saturated carbocycles. The highest BCUT2D eigenvalue weighted by atomic mass is 19.4. The third-order valence-electron chi connectivity index (χ3n) is 8.83. The molecular formula is C34H39F6N9O3. The van der Waals surface area contributed by atoms with E-state index in [1.165, 1.54) is 38.8 Å². The van der Waals surface area contributed by atoms with Gasteiger partial charge >= 0.3 is 17.8 Å². The fraction of sp³-hybridized carbons (Fsp3) is 0.441. The number of alkyl halides is 5. The van der Waals surface area contributed by atoms with Gasteiger partial charge < -0.3 is 15.1 Å². The first-order valence-electron chi connectivity index (χ1n) is 16.6. The van der Waals surface area contributed by atoms with Crippen LogP contribution in [0.5, 0.6) is 0 Å². The van der Waals surface area contributed by atoms with E-state index in [9.17, 15) is 28.2 Å². The van der Waals surface area contributed by atoms with Crippen LogP contribution in [0, 0.1) is 5.82 Å². The van der Waals surface area contributed by atoms with Gasteiger partial charge in [0.15, 0.2) is 5.60 Å². The lowest BCUT2D eigenvalue weighted by molar-refractivity contribution is -0.156. The molecule has 0 radical (unpaired) electrons. The van der Waals surface area contributed by atoms with Crippen LogP contribution in [0.4, 0.5) is 32.0 Å². The number of anilines is 1. The second kappa shape index (κ2) is 15.3. The number of hydrogen-bond acceptors (Lipinski definition) is 9. The lowest BCUT2D eigenvalue weighted by Crippen LogP contribution is -2.54. The smallest absolute Gasteiger partial charge is 0.391 e. The van der Waals surface area contributed by atoms with Crippen LogP contribution in [-0.2, 0) is 18.3 Å². The molecule has 4 aromatic rings. The highest BCUT2D eigenvalue weighted by Crippen LogP contribution is 2.42. The highest BCUT2D eigenvalue weighted by molar-refractivity contribution is 6.01. The van der Waals surface area contributed by atoms with Crippen molar-refractivity contribution in [3.8, 4) is 5.69 Å². The molecule has 2 aromatic heterocycles. The first kappa shape index (κ1) is 38.3. The van der Waals surface area contributed by atoms with Crippen molar-refractivity contribution in [2.24, 2.45) is 5.10 Å². The second-order valence-electron chi connectivity index (χ2n) is 12.4. The van der Waals surface area contributed by atoms with Crippen molar-refractivity contribution in [3.05, 3.63) is 101 Å². The van der Waals surface area contributed by atoms with Gasteiger partial charge in [0.25, 0.3) is 5.82 Å². The van der Waals surface area contributed by atoms with E-state index in [4.69, 9.17) is 0 Å². The third kappa shape index (κ3) is 7.77. The lowest BCUT2D eigenvalue weighted by Gasteiger charge is -2.38. The molecule has 12 nitrogen and oxygen atoms in total. The van der Waals surface area contributed by atoms with E-state index in [2.05, 4.69) is 20.3 Å². The van der Waals surface area contributed by atoms with Crippen molar-refractivity contribution in [2.75, 3.05) is 31.1 Å². The molecule has 3 atom stereocenters. The molecule has 0 bridgehead atoms. The third-order valence-corrected chi connectivity index (χ3v) is 8.83. The first-order chi connectivity index (χ1) is 24.6. The zero-order valence-electron chi connectivity index (χ0n) is 28.6. The Bertz CT molecular complexity index is 1930. The van der Waals surface area contributed by atoms with Crippen molar-refractivity contribution in [1.29, 1.82) is 0 Å². The topological polar surface area (TPSA) is 130 Å². The largest absolute Gasteiger partial charge is 0.453 e. The number of nitrogens with zero attached hydrogens (tertiary/aromatic N) is 9. The molecule has 2 N–H and O–H groups in total. The van der Waals surface area contributed by atoms with Crippen molar-refractivity contribution < 1.29 is 36.6 Å². The molecule has 3 heterocycles. The minimum Gasteiger partial charge on any atom is -0.391 e. The predicted octanol–water partition coefficient (Wildman–Crippen LogP) is 4.78. The molecular weight excluding hydrogens is 696 g/mol. The Kier molecular flexibility index (Phi) is 11.3. The van der Waals surface area contributed by atoms with E-state index < -0.39 is 65.0 Å². The molecule has 1 fully saturated rings. The number of piperazine rings is 1. The van der Waals surface area contributed by atoms with Gasteiger partial charge in [0.1, 0.15) is 24.2 Å². The Morgan fingerprint density at radius 2 is 1.63 bits per heavy atom. The highest BCUT2D eigenvalue weighted by Gasteiger charge is 2.59. The fourth-order valence-corrected chi connectivity index (χ4v) is 6.00. The van der Waals surface area contributed by atoms with Gasteiger partial charge in [-0.15, -0.1) is 5.10 Å². The molecule has 280 valence electrons. The molecule has 1 saturated heterocycles. The van der Waals surface area contributed by atoms with Crippen molar-refractivity contribution in [1.82, 2.24) is 34.1 Å². The maximum absolute atomic E-state index is 16.7. The van der Waals surface area contributed by atoms with Gasteiger partial charge in [-0.05, 0) is 56.2 Å². The quantitative estimate of drug-likeness (QED) is 0.148. The molecule has 0 amide bonds. The summed E-state index contributed by atoms with van der Waals surface area (Å²) in [5.74, 6) is -7.17. The summed E-state index contributed by atoms with van der Waals surface area (Å²) in [5, 5.41) is 34.7. The number of aliphatic hydroxyl groups excluding tert-OH is 1. The summed E-state index contributed by atoms with van der Waals surface area (Å²) in [5.41, 5.74) is -4.29. The number of halogens is 6. The van der Waals surface area contributed by atoms with E-state index in [0.717, 1.165) is 23.9 Å². The van der Waals surface area contributed by atoms with Gasteiger partial charge in [0.05, 0.1) is 37.5 Å². The molecule has 1 aliphatic heterocycles. The van der Waals surface area contributed by atoms with Gasteiger partial charge in [-0.2, -0.15) is 32.2 Å². The maximum atomic E-state index is 16.7. The Morgan fingerprint density at radius 3 is 2.21 bits per heavy atom. The van der Waals surface area contributed by atoms with Gasteiger partial charge in [-0.25, -0.2) is 28.1 Å². The number of aromatic nitrogens is 6. The molecule has 0 aliphatic carbocycles. The number of benzene rings is 2. The van der Waals surface area contributed by atoms with Crippen LogP contribution in [-0.4, -0.2) is 88.3 Å². The molecule has 1 aliphatic rings. The van der Waals surface area contributed by atoms with E-state index in [1.54, 1.807) is 38.1 Å². The lowest BCUT2D eigenvalue weighted by atomic mass is 9.84. The van der Waals surface area contributed by atoms with Crippen molar-refractivity contribution in [3.63, 3.8) is 0 Å². The van der Waals surface area contributed by atoms with Crippen LogP contribution < -0.4 is 10.6 Å². The monoisotopic (exact) mass is 735 g/mol. The van der Waals surface area contributed by atoms with Gasteiger partial charge in [0, 0.05) is 24.3 Å². The minimum atomic E-state index is -4.98. The van der Waals surface area contributed by atoms with E-state index in [1.807, 2.05) is 11.8 Å². The summed E-state index contributed by atoms with van der Waals surface area (Å²) in [6.07, 6.45) is -0.612. The molecule has 18 heteroatoms. The van der Waals surface area contributed by atoms with Crippen LogP contribution in [0.2, 0.25) is 0 Å². The summed E-state index contributed by atoms with van der Waals surface area (Å²) in [4.78, 5) is 18.1. The first-order valence-corrected chi connectivity index (χ1v) is 16.6. The predicted molar refractivity (Wildman–Crippen MR) is 180 cm³/mol. The molecule has 0 spiro atoms. The zero-order valence-corrected chi connectivity index (χ0v) is 28.6. The van der Waals surface area contributed by atoms with Gasteiger partial charge in [0.2, 0.25) is 0 Å². The maximum Gasteiger partial charge on any atom is 0.453 e. The van der Waals surface area contributed by atoms with E-state index >= 15 is 13.2 Å². The standard InChI is InChI=1S/C34H39F6N9O3/c1-4-6-11-29(33(36,37)32(52,26-9-7-8-10-27(26)35)20-47-21-41-30(44-47)34(38,39)40)43-46-18-16-45(17-19-46)24-12-14-25(15-13-24)48-22-42-49(31(48)51)28(5-2)23(3)50/h6-15,21-23,28,50,52H,4-5,16-20H2,1-3H3/b11-6-,43-29+/t23-,28-,32?/m0/s1. The number of allylic oxidation sites excluding steroid dienone is 2. The Hall–Kier alpha value is -4.97. The normalized spacial score (nSPS) is 17.1. The van der Waals surface area contributed by atoms with Crippen LogP contribution in [0.25, 0.3) is 5.69 Å². The van der Waals surface area contributed by atoms with Gasteiger partial charge in [-0.3, -0.25) is 5.01 Å². The molecule has 2 aromatic carbocycles. The minimum absolute atomic E-state index is 0.168. The fourth-order valence-electron chi connectivity index (χ4n) is 6.00. The number of aliphatic hydroxyl groups is 2. The van der Waals surface area contributed by atoms with Crippen LogP contribution in [0.3, 0.4) is 0 Å². The number of hydrogen-bond donors (Lipinski definition) is 2. The molecule has 5 rings (SSSR count). The summed E-state index contributed by atoms with van der Waals surface area (Å²) in [6, 6.07) is 10.8. The van der Waals surface area contributed by atoms with Crippen molar-refractivity contribution >= 4 is 11.4 Å². The van der Waals surface area contributed by atoms with E-state index in [0.29, 0.717) is 42.6 Å². The molecule has 1 unspecified atom stereocenters. The van der Waals surface area contributed by atoms with Crippen LogP contribution in [0.1, 0.15) is 51.0 Å². The summed E-state index contributed by atoms with van der Waals surface area (Å²) in [7, 11) is 0. The number of rotatable bonds is 13. The Balaban J connectivity index is 1.38. The number of hydrazone groups is 1. The average Bonchev–Trinajstić information content (AvgIpc) is 3.74. The Labute approximate surface area is 294 Å². The summed E-state index contributed by atoms with van der Waals surface area (Å²) < 4.78 is 91.1.